The van der Waals surface area contributed by atoms with Crippen LogP contribution in [0.2, 0.25) is 0 Å². The number of hydrogen-bond acceptors (Lipinski definition) is 6. The fourth-order valence-corrected chi connectivity index (χ4v) is 3.91. The molecule has 0 radical (unpaired) electrons. The Morgan fingerprint density at radius 2 is 1.70 bits per heavy atom. The second-order valence-corrected chi connectivity index (χ2v) is 8.42. The maximum Gasteiger partial charge on any atom is 0.262 e. The van der Waals surface area contributed by atoms with Crippen LogP contribution < -0.4 is 15.7 Å². The van der Waals surface area contributed by atoms with Gasteiger partial charge in [-0.25, -0.2) is 5.48 Å². The van der Waals surface area contributed by atoms with Gasteiger partial charge in [-0.05, 0) is 60.6 Å². The second-order valence-electron chi connectivity index (χ2n) is 8.42. The second kappa shape index (κ2) is 10.4. The number of phenols is 2. The molecular formula is C24H29N3O6. The highest BCUT2D eigenvalue weighted by Crippen LogP contribution is 2.36. The zero-order chi connectivity index (χ0) is 24.1. The maximum absolute atomic E-state index is 13.2. The van der Waals surface area contributed by atoms with E-state index in [9.17, 15) is 24.6 Å². The first kappa shape index (κ1) is 24.1. The van der Waals surface area contributed by atoms with E-state index in [4.69, 9.17) is 5.21 Å². The number of carbonyl (C=O) groups excluding carboxylic acids is 3. The fourth-order valence-electron chi connectivity index (χ4n) is 3.91. The molecule has 33 heavy (non-hydrogen) atoms. The molecule has 9 heteroatoms. The molecule has 1 aliphatic rings. The SMILES string of the molecule is CC(C)c1cc(C(=O)N2CCc3cc(NC(=O)CCCCC(=O)NO)ccc32)c(O)cc1O. The molecule has 0 aliphatic carbocycles. The average molecular weight is 456 g/mol. The first-order valence-electron chi connectivity index (χ1n) is 10.9. The number of amides is 3. The molecule has 3 amide bonds. The van der Waals surface area contributed by atoms with Crippen LogP contribution in [0.15, 0.2) is 30.3 Å². The summed E-state index contributed by atoms with van der Waals surface area (Å²) in [5.41, 5.74) is 4.52. The van der Waals surface area contributed by atoms with E-state index in [-0.39, 0.29) is 47.6 Å². The van der Waals surface area contributed by atoms with Crippen LogP contribution in [0, 0.1) is 0 Å². The molecule has 0 spiro atoms. The van der Waals surface area contributed by atoms with Gasteiger partial charge < -0.3 is 20.4 Å². The molecule has 1 aliphatic heterocycles. The Labute approximate surface area is 192 Å². The van der Waals surface area contributed by atoms with E-state index in [1.165, 1.54) is 12.1 Å². The van der Waals surface area contributed by atoms with E-state index in [0.717, 1.165) is 5.56 Å². The summed E-state index contributed by atoms with van der Waals surface area (Å²) in [5, 5.41) is 31.6. The van der Waals surface area contributed by atoms with E-state index < -0.39 is 5.91 Å². The van der Waals surface area contributed by atoms with Crippen LogP contribution in [0.5, 0.6) is 11.5 Å². The van der Waals surface area contributed by atoms with Crippen LogP contribution >= 0.6 is 0 Å². The number of carbonyl (C=O) groups is 3. The highest BCUT2D eigenvalue weighted by molar-refractivity contribution is 6.09. The minimum absolute atomic E-state index is 0.0129. The Balaban J connectivity index is 1.67. The van der Waals surface area contributed by atoms with Crippen LogP contribution in [-0.2, 0) is 16.0 Å². The van der Waals surface area contributed by atoms with Crippen molar-refractivity contribution in [2.75, 3.05) is 16.8 Å². The Morgan fingerprint density at radius 3 is 2.36 bits per heavy atom. The number of benzene rings is 2. The summed E-state index contributed by atoms with van der Waals surface area (Å²) in [6, 6.07) is 8.05. The smallest absolute Gasteiger partial charge is 0.262 e. The van der Waals surface area contributed by atoms with Crippen LogP contribution in [-0.4, -0.2) is 39.7 Å². The fraction of sp³-hybridized carbons (Fsp3) is 0.375. The summed E-state index contributed by atoms with van der Waals surface area (Å²) in [6.45, 7) is 4.23. The molecule has 9 nitrogen and oxygen atoms in total. The van der Waals surface area contributed by atoms with Crippen molar-refractivity contribution in [2.45, 2.75) is 51.9 Å². The molecule has 0 saturated carbocycles. The molecule has 0 saturated heterocycles. The van der Waals surface area contributed by atoms with Gasteiger partial charge in [0.15, 0.2) is 0 Å². The third-order valence-corrected chi connectivity index (χ3v) is 5.68. The summed E-state index contributed by atoms with van der Waals surface area (Å²) in [5.74, 6) is -1.33. The predicted octanol–water partition coefficient (Wildman–Crippen LogP) is 3.43. The monoisotopic (exact) mass is 455 g/mol. The van der Waals surface area contributed by atoms with Crippen molar-refractivity contribution < 1.29 is 29.8 Å². The van der Waals surface area contributed by atoms with Crippen molar-refractivity contribution in [1.29, 1.82) is 0 Å². The molecule has 1 heterocycles. The number of nitrogens with zero attached hydrogens (tertiary/aromatic N) is 1. The molecule has 0 atom stereocenters. The number of hydroxylamine groups is 1. The largest absolute Gasteiger partial charge is 0.508 e. The van der Waals surface area contributed by atoms with Crippen molar-refractivity contribution in [3.8, 4) is 11.5 Å². The number of hydrogen-bond donors (Lipinski definition) is 5. The van der Waals surface area contributed by atoms with Crippen molar-refractivity contribution in [1.82, 2.24) is 5.48 Å². The molecule has 0 fully saturated rings. The van der Waals surface area contributed by atoms with E-state index in [2.05, 4.69) is 5.32 Å². The van der Waals surface area contributed by atoms with Crippen LogP contribution in [0.1, 0.15) is 66.9 Å². The Morgan fingerprint density at radius 1 is 1.00 bits per heavy atom. The van der Waals surface area contributed by atoms with Crippen molar-refractivity contribution in [2.24, 2.45) is 0 Å². The van der Waals surface area contributed by atoms with E-state index >= 15 is 0 Å². The first-order chi connectivity index (χ1) is 15.7. The zero-order valence-corrected chi connectivity index (χ0v) is 18.7. The molecule has 0 aromatic heterocycles. The highest BCUT2D eigenvalue weighted by Gasteiger charge is 2.28. The maximum atomic E-state index is 13.2. The van der Waals surface area contributed by atoms with Crippen LogP contribution in [0.3, 0.4) is 0 Å². The van der Waals surface area contributed by atoms with E-state index in [0.29, 0.717) is 42.7 Å². The summed E-state index contributed by atoms with van der Waals surface area (Å²) in [7, 11) is 0. The van der Waals surface area contributed by atoms with Gasteiger partial charge in [-0.15, -0.1) is 0 Å². The Bertz CT molecular complexity index is 1070. The van der Waals surface area contributed by atoms with Crippen molar-refractivity contribution in [3.63, 3.8) is 0 Å². The molecular weight excluding hydrogens is 426 g/mol. The van der Waals surface area contributed by atoms with Gasteiger partial charge in [0.05, 0.1) is 5.56 Å². The highest BCUT2D eigenvalue weighted by atomic mass is 16.5. The number of rotatable bonds is 8. The number of fused-ring (bicyclic) bond motifs is 1. The lowest BCUT2D eigenvalue weighted by Crippen LogP contribution is -2.29. The summed E-state index contributed by atoms with van der Waals surface area (Å²) < 4.78 is 0. The van der Waals surface area contributed by atoms with Crippen LogP contribution in [0.4, 0.5) is 11.4 Å². The number of unbranched alkanes of at least 4 members (excludes halogenated alkanes) is 1. The van der Waals surface area contributed by atoms with Crippen molar-refractivity contribution >= 4 is 29.1 Å². The Hall–Kier alpha value is -3.59. The number of phenolic OH excluding ortho intramolecular Hbond substituents is 2. The van der Waals surface area contributed by atoms with Crippen molar-refractivity contribution in [3.05, 3.63) is 47.0 Å². The predicted molar refractivity (Wildman–Crippen MR) is 123 cm³/mol. The normalized spacial score (nSPS) is 12.5. The molecule has 0 bridgehead atoms. The lowest BCUT2D eigenvalue weighted by molar-refractivity contribution is -0.129. The number of aromatic hydroxyl groups is 2. The van der Waals surface area contributed by atoms with E-state index in [1.807, 2.05) is 19.9 Å². The zero-order valence-electron chi connectivity index (χ0n) is 18.7. The van der Waals surface area contributed by atoms with Gasteiger partial charge in [-0.3, -0.25) is 19.6 Å². The van der Waals surface area contributed by atoms with Gasteiger partial charge in [0.1, 0.15) is 11.5 Å². The third-order valence-electron chi connectivity index (χ3n) is 5.68. The van der Waals surface area contributed by atoms with E-state index in [1.54, 1.807) is 22.5 Å². The van der Waals surface area contributed by atoms with Gasteiger partial charge >= 0.3 is 0 Å². The Kier molecular flexibility index (Phi) is 7.55. The molecule has 2 aromatic rings. The summed E-state index contributed by atoms with van der Waals surface area (Å²) in [6.07, 6.45) is 2.02. The van der Waals surface area contributed by atoms with Gasteiger partial charge in [0.2, 0.25) is 11.8 Å². The minimum atomic E-state index is -0.478. The number of anilines is 2. The van der Waals surface area contributed by atoms with Gasteiger partial charge in [-0.2, -0.15) is 0 Å². The lowest BCUT2D eigenvalue weighted by atomic mass is 9.98. The quantitative estimate of drug-likeness (QED) is 0.235. The summed E-state index contributed by atoms with van der Waals surface area (Å²) >= 11 is 0. The van der Waals surface area contributed by atoms with Gasteiger partial charge in [0.25, 0.3) is 5.91 Å². The summed E-state index contributed by atoms with van der Waals surface area (Å²) in [4.78, 5) is 37.9. The molecule has 176 valence electrons. The lowest BCUT2D eigenvalue weighted by Gasteiger charge is -2.20. The molecule has 5 N–H and O–H groups in total. The molecule has 0 unspecified atom stereocenters. The molecule has 2 aromatic carbocycles. The minimum Gasteiger partial charge on any atom is -0.508 e. The molecule has 3 rings (SSSR count). The standard InChI is InChI=1S/C24H29N3O6/c1-14(2)17-12-18(21(29)13-20(17)28)24(32)27-10-9-15-11-16(7-8-19(15)27)25-22(30)5-3-4-6-23(31)26-33/h7-8,11-14,28-29,33H,3-6,9-10H2,1-2H3,(H,25,30)(H,26,31). The van der Waals surface area contributed by atoms with Gasteiger partial charge in [-0.1, -0.05) is 13.8 Å². The van der Waals surface area contributed by atoms with Crippen LogP contribution in [0.25, 0.3) is 0 Å². The first-order valence-corrected chi connectivity index (χ1v) is 10.9. The third kappa shape index (κ3) is 5.61. The average Bonchev–Trinajstić information content (AvgIpc) is 3.19. The van der Waals surface area contributed by atoms with Gasteiger partial charge in [0, 0.05) is 36.8 Å². The topological polar surface area (TPSA) is 139 Å². The number of nitrogens with one attached hydrogen (secondary N) is 2.